The molecule has 2 N–H and O–H groups in total. The van der Waals surface area contributed by atoms with Gasteiger partial charge in [-0.3, -0.25) is 9.59 Å². The van der Waals surface area contributed by atoms with Gasteiger partial charge in [-0.25, -0.2) is 4.79 Å². The van der Waals surface area contributed by atoms with E-state index in [0.717, 1.165) is 56.9 Å². The quantitative estimate of drug-likeness (QED) is 0.476. The van der Waals surface area contributed by atoms with Gasteiger partial charge in [-0.15, -0.1) is 0 Å². The molecule has 222 valence electrons. The number of nitrogens with one attached hydrogen (secondary N) is 2. The lowest BCUT2D eigenvalue weighted by Gasteiger charge is -2.45. The first-order valence-corrected chi connectivity index (χ1v) is 15.6. The molecule has 8 nitrogen and oxygen atoms in total. The van der Waals surface area contributed by atoms with E-state index in [9.17, 15) is 14.4 Å². The van der Waals surface area contributed by atoms with Crippen LogP contribution in [-0.2, 0) is 16.0 Å². The minimum Gasteiger partial charge on any atom is -0.354 e. The highest BCUT2D eigenvalue weighted by Crippen LogP contribution is 2.29. The standard InChI is InChI=1S/C31H48ClN5O3/c1-22(38)33-25-13-15-26(16-14-25)34-29(21-23-9-11-24(32)12-10-23)30(39)36-19-17-28(18-20-36)37(31(40)35(2)3)27-7-5-4-6-8-27/h9-12,25-29,34H,4-8,13-21H2,1-3H3,(H,33,38)/t25-,26-,29-/m1/s1. The normalized spacial score (nSPS) is 23.4. The van der Waals surface area contributed by atoms with Crippen LogP contribution in [0.1, 0.15) is 83.1 Å². The predicted molar refractivity (Wildman–Crippen MR) is 159 cm³/mol. The Bertz CT molecular complexity index is 981. The van der Waals surface area contributed by atoms with Gasteiger partial charge in [0.25, 0.3) is 0 Å². The lowest BCUT2D eigenvalue weighted by molar-refractivity contribution is -0.135. The van der Waals surface area contributed by atoms with Crippen molar-refractivity contribution in [2.24, 2.45) is 0 Å². The molecule has 1 aromatic rings. The summed E-state index contributed by atoms with van der Waals surface area (Å²) in [7, 11) is 3.68. The van der Waals surface area contributed by atoms with Gasteiger partial charge in [-0.05, 0) is 75.5 Å². The third-order valence-electron chi connectivity index (χ3n) is 8.96. The lowest BCUT2D eigenvalue weighted by Crippen LogP contribution is -2.58. The number of halogens is 1. The van der Waals surface area contributed by atoms with Gasteiger partial charge < -0.3 is 25.3 Å². The van der Waals surface area contributed by atoms with E-state index in [4.69, 9.17) is 11.6 Å². The first kappa shape index (κ1) is 30.6. The minimum absolute atomic E-state index is 0.0185. The van der Waals surface area contributed by atoms with Crippen molar-refractivity contribution < 1.29 is 14.4 Å². The summed E-state index contributed by atoms with van der Waals surface area (Å²) in [4.78, 5) is 44.5. The van der Waals surface area contributed by atoms with Crippen LogP contribution in [0.3, 0.4) is 0 Å². The summed E-state index contributed by atoms with van der Waals surface area (Å²) >= 11 is 6.12. The lowest BCUT2D eigenvalue weighted by atomic mass is 9.89. The van der Waals surface area contributed by atoms with Crippen LogP contribution >= 0.6 is 11.6 Å². The molecule has 2 aliphatic carbocycles. The molecule has 1 saturated heterocycles. The number of rotatable bonds is 8. The van der Waals surface area contributed by atoms with Gasteiger partial charge in [0.2, 0.25) is 11.8 Å². The summed E-state index contributed by atoms with van der Waals surface area (Å²) < 4.78 is 0. The monoisotopic (exact) mass is 573 g/mol. The van der Waals surface area contributed by atoms with E-state index >= 15 is 0 Å². The molecule has 0 bridgehead atoms. The molecule has 3 aliphatic rings. The smallest absolute Gasteiger partial charge is 0.319 e. The number of urea groups is 1. The first-order chi connectivity index (χ1) is 19.2. The second kappa shape index (κ2) is 14.5. The SMILES string of the molecule is CC(=O)N[C@H]1CC[C@H](N[C@H](Cc2ccc(Cl)cc2)C(=O)N2CCC(N(C(=O)N(C)C)C3CCCCC3)CC2)CC1. The number of benzene rings is 1. The Morgan fingerprint density at radius 2 is 1.45 bits per heavy atom. The van der Waals surface area contributed by atoms with Crippen molar-refractivity contribution in [3.05, 3.63) is 34.9 Å². The van der Waals surface area contributed by atoms with Crippen molar-refractivity contribution in [1.82, 2.24) is 25.3 Å². The highest BCUT2D eigenvalue weighted by molar-refractivity contribution is 6.30. The molecule has 4 rings (SSSR count). The maximum absolute atomic E-state index is 14.0. The van der Waals surface area contributed by atoms with Gasteiger partial charge >= 0.3 is 6.03 Å². The molecule has 1 atom stereocenters. The maximum Gasteiger partial charge on any atom is 0.319 e. The van der Waals surface area contributed by atoms with Crippen molar-refractivity contribution in [3.8, 4) is 0 Å². The molecule has 0 radical (unpaired) electrons. The van der Waals surface area contributed by atoms with E-state index in [2.05, 4.69) is 15.5 Å². The molecule has 9 heteroatoms. The van der Waals surface area contributed by atoms with Crippen LogP contribution in [-0.4, -0.2) is 89.9 Å². The zero-order valence-corrected chi connectivity index (χ0v) is 25.3. The second-order valence-electron chi connectivity index (χ2n) is 12.2. The average molecular weight is 574 g/mol. The van der Waals surface area contributed by atoms with Crippen molar-refractivity contribution in [3.63, 3.8) is 0 Å². The third-order valence-corrected chi connectivity index (χ3v) is 9.22. The second-order valence-corrected chi connectivity index (χ2v) is 12.7. The van der Waals surface area contributed by atoms with Gasteiger partial charge in [0, 0.05) is 63.3 Å². The topological polar surface area (TPSA) is 85.0 Å². The van der Waals surface area contributed by atoms with Gasteiger partial charge in [0.1, 0.15) is 0 Å². The molecule has 3 fully saturated rings. The maximum atomic E-state index is 14.0. The van der Waals surface area contributed by atoms with Gasteiger partial charge in [-0.1, -0.05) is 43.0 Å². The predicted octanol–water partition coefficient (Wildman–Crippen LogP) is 4.60. The highest BCUT2D eigenvalue weighted by Gasteiger charge is 2.37. The van der Waals surface area contributed by atoms with Crippen LogP contribution < -0.4 is 10.6 Å². The van der Waals surface area contributed by atoms with E-state index in [1.807, 2.05) is 43.3 Å². The van der Waals surface area contributed by atoms with E-state index in [1.54, 1.807) is 11.8 Å². The van der Waals surface area contributed by atoms with E-state index in [1.165, 1.54) is 19.3 Å². The van der Waals surface area contributed by atoms with E-state index in [-0.39, 0.29) is 42.0 Å². The molecule has 0 aromatic heterocycles. The van der Waals surface area contributed by atoms with Crippen LogP contribution in [0.25, 0.3) is 0 Å². The van der Waals surface area contributed by atoms with Crippen LogP contribution in [0.2, 0.25) is 5.02 Å². The molecular weight excluding hydrogens is 526 g/mol. The number of hydrogen-bond donors (Lipinski definition) is 2. The Kier molecular flexibility index (Phi) is 11.1. The number of carbonyl (C=O) groups excluding carboxylic acids is 3. The molecular formula is C31H48ClN5O3. The molecule has 40 heavy (non-hydrogen) atoms. The van der Waals surface area contributed by atoms with Crippen LogP contribution in [0.5, 0.6) is 0 Å². The molecule has 4 amide bonds. The Morgan fingerprint density at radius 3 is 2.02 bits per heavy atom. The number of hydrogen-bond acceptors (Lipinski definition) is 4. The van der Waals surface area contributed by atoms with Crippen molar-refractivity contribution in [2.75, 3.05) is 27.2 Å². The van der Waals surface area contributed by atoms with Gasteiger partial charge in [-0.2, -0.15) is 0 Å². The van der Waals surface area contributed by atoms with E-state index in [0.29, 0.717) is 30.6 Å². The highest BCUT2D eigenvalue weighted by atomic mass is 35.5. The van der Waals surface area contributed by atoms with Crippen LogP contribution in [0.15, 0.2) is 24.3 Å². The van der Waals surface area contributed by atoms with Crippen molar-refractivity contribution >= 4 is 29.4 Å². The number of likely N-dealkylation sites (tertiary alicyclic amines) is 1. The summed E-state index contributed by atoms with van der Waals surface area (Å²) in [6.07, 6.45) is 11.7. The van der Waals surface area contributed by atoms with Crippen LogP contribution in [0.4, 0.5) is 4.79 Å². The largest absolute Gasteiger partial charge is 0.354 e. The number of piperidine rings is 1. The Balaban J connectivity index is 1.40. The van der Waals surface area contributed by atoms with Gasteiger partial charge in [0.05, 0.1) is 6.04 Å². The summed E-state index contributed by atoms with van der Waals surface area (Å²) in [5, 5.41) is 7.43. The first-order valence-electron chi connectivity index (χ1n) is 15.3. The number of carbonyl (C=O) groups is 3. The summed E-state index contributed by atoms with van der Waals surface area (Å²) in [6.45, 7) is 2.90. The molecule has 0 spiro atoms. The molecule has 2 saturated carbocycles. The summed E-state index contributed by atoms with van der Waals surface area (Å²) in [6, 6.07) is 8.48. The molecule has 0 unspecified atom stereocenters. The minimum atomic E-state index is -0.321. The zero-order valence-electron chi connectivity index (χ0n) is 24.5. The van der Waals surface area contributed by atoms with Crippen molar-refractivity contribution in [2.45, 2.75) is 114 Å². The Labute approximate surface area is 245 Å². The van der Waals surface area contributed by atoms with Crippen LogP contribution in [0, 0.1) is 0 Å². The van der Waals surface area contributed by atoms with Crippen molar-refractivity contribution in [1.29, 1.82) is 0 Å². The number of nitrogens with zero attached hydrogens (tertiary/aromatic N) is 3. The molecule has 1 aliphatic heterocycles. The third kappa shape index (κ3) is 8.35. The molecule has 1 heterocycles. The number of amides is 4. The summed E-state index contributed by atoms with van der Waals surface area (Å²) in [5.41, 5.74) is 1.08. The Morgan fingerprint density at radius 1 is 0.875 bits per heavy atom. The average Bonchev–Trinajstić information content (AvgIpc) is 2.95. The molecule has 1 aromatic carbocycles. The fourth-order valence-corrected chi connectivity index (χ4v) is 6.96. The zero-order chi connectivity index (χ0) is 28.6. The fraction of sp³-hybridized carbons (Fsp3) is 0.710. The summed E-state index contributed by atoms with van der Waals surface area (Å²) in [5.74, 6) is 0.158. The Hall–Kier alpha value is -2.32. The van der Waals surface area contributed by atoms with E-state index < -0.39 is 0 Å². The fourth-order valence-electron chi connectivity index (χ4n) is 6.84. The van der Waals surface area contributed by atoms with Gasteiger partial charge in [0.15, 0.2) is 0 Å².